The summed E-state index contributed by atoms with van der Waals surface area (Å²) in [5.41, 5.74) is 0. The Labute approximate surface area is 268 Å². The standard InChI is InChI=1S/C38H75NO4/c1-5-7-9-11-13-15-17-19-21-22-24-26-28-30-32-36(34-39(3,4)35-37(40)41)43-38(42)33-31-29-27-25-23-20-18-16-14-12-10-8-6-2/h36H,5-35H2,1-4H3/p+1. The van der Waals surface area contributed by atoms with Crippen LogP contribution in [0, 0.1) is 0 Å². The Morgan fingerprint density at radius 2 is 0.860 bits per heavy atom. The van der Waals surface area contributed by atoms with Crippen molar-refractivity contribution in [1.82, 2.24) is 0 Å². The monoisotopic (exact) mass is 611 g/mol. The maximum absolute atomic E-state index is 12.7. The molecule has 0 spiro atoms. The Balaban J connectivity index is 4.05. The summed E-state index contributed by atoms with van der Waals surface area (Å²) in [5.74, 6) is -0.910. The van der Waals surface area contributed by atoms with Gasteiger partial charge in [-0.05, 0) is 19.3 Å². The number of aliphatic carboxylic acids is 1. The van der Waals surface area contributed by atoms with Crippen LogP contribution in [0.1, 0.15) is 200 Å². The Bertz CT molecular complexity index is 621. The Kier molecular flexibility index (Phi) is 30.1. The van der Waals surface area contributed by atoms with Gasteiger partial charge < -0.3 is 14.3 Å². The molecule has 1 N–H and O–H groups in total. The summed E-state index contributed by atoms with van der Waals surface area (Å²) in [6.07, 6.45) is 36.5. The minimum absolute atomic E-state index is 0.0473. The summed E-state index contributed by atoms with van der Waals surface area (Å²) in [5, 5.41) is 9.32. The van der Waals surface area contributed by atoms with E-state index in [9.17, 15) is 14.7 Å². The third kappa shape index (κ3) is 32.1. The molecular formula is C38H76NO4+. The summed E-state index contributed by atoms with van der Waals surface area (Å²) in [4.78, 5) is 24.0. The molecule has 1 atom stereocenters. The highest BCUT2D eigenvalue weighted by atomic mass is 16.5. The molecule has 0 heterocycles. The predicted molar refractivity (Wildman–Crippen MR) is 185 cm³/mol. The number of quaternary nitrogens is 1. The normalized spacial score (nSPS) is 12.5. The first-order chi connectivity index (χ1) is 20.8. The number of unbranched alkanes of at least 4 members (excludes halogenated alkanes) is 25. The number of likely N-dealkylation sites (N-methyl/N-ethyl adjacent to an activating group) is 1. The average Bonchev–Trinajstić information content (AvgIpc) is 2.94. The summed E-state index contributed by atoms with van der Waals surface area (Å²) < 4.78 is 6.28. The second-order valence-corrected chi connectivity index (χ2v) is 14.2. The Morgan fingerprint density at radius 3 is 1.21 bits per heavy atom. The number of carboxylic acids is 1. The van der Waals surface area contributed by atoms with E-state index in [0.717, 1.165) is 32.1 Å². The molecule has 1 unspecified atom stereocenters. The number of carbonyl (C=O) groups is 2. The lowest BCUT2D eigenvalue weighted by atomic mass is 10.0. The van der Waals surface area contributed by atoms with Crippen LogP contribution in [-0.4, -0.2) is 54.8 Å². The number of nitrogens with zero attached hydrogens (tertiary/aromatic N) is 1. The minimum Gasteiger partial charge on any atom is -0.477 e. The molecule has 0 aromatic heterocycles. The van der Waals surface area contributed by atoms with E-state index in [2.05, 4.69) is 13.8 Å². The molecule has 256 valence electrons. The molecule has 0 aromatic rings. The number of ether oxygens (including phenoxy) is 1. The van der Waals surface area contributed by atoms with Crippen molar-refractivity contribution in [2.24, 2.45) is 0 Å². The third-order valence-electron chi connectivity index (χ3n) is 8.92. The molecule has 0 radical (unpaired) electrons. The van der Waals surface area contributed by atoms with E-state index < -0.39 is 5.97 Å². The number of hydrogen-bond donors (Lipinski definition) is 1. The number of carboxylic acid groups (broad SMARTS) is 1. The zero-order chi connectivity index (χ0) is 31.9. The maximum Gasteiger partial charge on any atom is 0.359 e. The molecular weight excluding hydrogens is 534 g/mol. The van der Waals surface area contributed by atoms with E-state index in [1.54, 1.807) is 0 Å². The number of carbonyl (C=O) groups excluding carboxylic acids is 1. The van der Waals surface area contributed by atoms with Crippen molar-refractivity contribution in [2.75, 3.05) is 27.2 Å². The quantitative estimate of drug-likeness (QED) is 0.0447. The van der Waals surface area contributed by atoms with Crippen LogP contribution in [0.25, 0.3) is 0 Å². The number of hydrogen-bond acceptors (Lipinski definition) is 3. The Morgan fingerprint density at radius 1 is 0.535 bits per heavy atom. The van der Waals surface area contributed by atoms with Crippen molar-refractivity contribution >= 4 is 11.9 Å². The summed E-state index contributed by atoms with van der Waals surface area (Å²) in [7, 11) is 3.85. The molecule has 5 heteroatoms. The fourth-order valence-corrected chi connectivity index (χ4v) is 6.27. The molecule has 0 amide bonds. The van der Waals surface area contributed by atoms with Crippen LogP contribution >= 0.6 is 0 Å². The van der Waals surface area contributed by atoms with E-state index in [-0.39, 0.29) is 18.6 Å². The lowest BCUT2D eigenvalue weighted by Gasteiger charge is -2.31. The molecule has 0 saturated carbocycles. The zero-order valence-corrected chi connectivity index (χ0v) is 29.6. The van der Waals surface area contributed by atoms with Gasteiger partial charge in [-0.2, -0.15) is 0 Å². The Hall–Kier alpha value is -1.10. The van der Waals surface area contributed by atoms with Gasteiger partial charge in [0.05, 0.1) is 14.1 Å². The summed E-state index contributed by atoms with van der Waals surface area (Å²) in [6, 6.07) is 0. The van der Waals surface area contributed by atoms with Crippen molar-refractivity contribution < 1.29 is 23.9 Å². The maximum atomic E-state index is 12.7. The van der Waals surface area contributed by atoms with Crippen LogP contribution in [0.5, 0.6) is 0 Å². The highest BCUT2D eigenvalue weighted by Gasteiger charge is 2.27. The number of esters is 1. The van der Waals surface area contributed by atoms with Gasteiger partial charge in [-0.1, -0.05) is 174 Å². The second kappa shape index (κ2) is 30.9. The fourth-order valence-electron chi connectivity index (χ4n) is 6.27. The molecule has 0 aromatic carbocycles. The van der Waals surface area contributed by atoms with Gasteiger partial charge in [-0.15, -0.1) is 0 Å². The van der Waals surface area contributed by atoms with Gasteiger partial charge in [-0.3, -0.25) is 4.79 Å². The lowest BCUT2D eigenvalue weighted by molar-refractivity contribution is -0.886. The predicted octanol–water partition coefficient (Wildman–Crippen LogP) is 11.4. The molecule has 0 aliphatic heterocycles. The SMILES string of the molecule is CCCCCCCCCCCCCCCCC(C[N+](C)(C)CC(=O)O)OC(=O)CCCCCCCCCCCCCCC. The first-order valence-electron chi connectivity index (χ1n) is 19.0. The minimum atomic E-state index is -0.807. The third-order valence-corrected chi connectivity index (χ3v) is 8.92. The van der Waals surface area contributed by atoms with Crippen LogP contribution in [0.4, 0.5) is 0 Å². The molecule has 0 aliphatic rings. The van der Waals surface area contributed by atoms with E-state index in [4.69, 9.17) is 4.74 Å². The van der Waals surface area contributed by atoms with Crippen LogP contribution < -0.4 is 0 Å². The fraction of sp³-hybridized carbons (Fsp3) is 0.947. The smallest absolute Gasteiger partial charge is 0.359 e. The van der Waals surface area contributed by atoms with Crippen LogP contribution in [0.15, 0.2) is 0 Å². The van der Waals surface area contributed by atoms with Gasteiger partial charge in [0.2, 0.25) is 0 Å². The molecule has 0 rings (SSSR count). The highest BCUT2D eigenvalue weighted by molar-refractivity contribution is 5.69. The first-order valence-corrected chi connectivity index (χ1v) is 19.0. The summed E-state index contributed by atoms with van der Waals surface area (Å²) >= 11 is 0. The summed E-state index contributed by atoms with van der Waals surface area (Å²) in [6.45, 7) is 5.16. The number of rotatable bonds is 34. The molecule has 0 saturated heterocycles. The first kappa shape index (κ1) is 41.9. The van der Waals surface area contributed by atoms with Crippen LogP contribution in [0.3, 0.4) is 0 Å². The van der Waals surface area contributed by atoms with Gasteiger partial charge in [0.1, 0.15) is 6.54 Å². The van der Waals surface area contributed by atoms with Crippen molar-refractivity contribution in [3.05, 3.63) is 0 Å². The van der Waals surface area contributed by atoms with E-state index in [1.807, 2.05) is 14.1 Å². The molecule has 0 bridgehead atoms. The van der Waals surface area contributed by atoms with Crippen molar-refractivity contribution in [2.45, 2.75) is 206 Å². The largest absolute Gasteiger partial charge is 0.477 e. The van der Waals surface area contributed by atoms with E-state index >= 15 is 0 Å². The van der Waals surface area contributed by atoms with Gasteiger partial charge in [-0.25, -0.2) is 4.79 Å². The average molecular weight is 611 g/mol. The van der Waals surface area contributed by atoms with Gasteiger partial charge in [0.25, 0.3) is 0 Å². The van der Waals surface area contributed by atoms with Crippen LogP contribution in [-0.2, 0) is 14.3 Å². The van der Waals surface area contributed by atoms with Gasteiger partial charge >= 0.3 is 11.9 Å². The molecule has 43 heavy (non-hydrogen) atoms. The van der Waals surface area contributed by atoms with Crippen LogP contribution in [0.2, 0.25) is 0 Å². The van der Waals surface area contributed by atoms with Gasteiger partial charge in [0.15, 0.2) is 12.6 Å². The van der Waals surface area contributed by atoms with Crippen molar-refractivity contribution in [3.63, 3.8) is 0 Å². The van der Waals surface area contributed by atoms with Crippen molar-refractivity contribution in [3.8, 4) is 0 Å². The second-order valence-electron chi connectivity index (χ2n) is 14.2. The lowest BCUT2D eigenvalue weighted by Crippen LogP contribution is -2.49. The van der Waals surface area contributed by atoms with E-state index in [1.165, 1.54) is 148 Å². The van der Waals surface area contributed by atoms with E-state index in [0.29, 0.717) is 17.4 Å². The van der Waals surface area contributed by atoms with Gasteiger partial charge in [0, 0.05) is 6.42 Å². The van der Waals surface area contributed by atoms with Crippen molar-refractivity contribution in [1.29, 1.82) is 0 Å². The topological polar surface area (TPSA) is 63.6 Å². The molecule has 0 aliphatic carbocycles. The highest BCUT2D eigenvalue weighted by Crippen LogP contribution is 2.17. The zero-order valence-electron chi connectivity index (χ0n) is 29.6. The molecule has 5 nitrogen and oxygen atoms in total. The molecule has 0 fully saturated rings.